The molecule has 120 valence electrons. The summed E-state index contributed by atoms with van der Waals surface area (Å²) in [7, 11) is 1.11. The highest BCUT2D eigenvalue weighted by Gasteiger charge is 2.28. The second-order valence-electron chi connectivity index (χ2n) is 4.55. The van der Waals surface area contributed by atoms with Crippen LogP contribution in [0.1, 0.15) is 37.0 Å². The van der Waals surface area contributed by atoms with Gasteiger partial charge in [-0.15, -0.1) is 0 Å². The molecular formula is C13H17N3O6. The molecule has 0 spiro atoms. The first-order valence-corrected chi connectivity index (χ1v) is 6.67. The number of non-ortho nitro benzene ring substituents is 1. The van der Waals surface area contributed by atoms with Crippen LogP contribution < -0.4 is 5.32 Å². The number of hydrogen-bond donors (Lipinski definition) is 1. The van der Waals surface area contributed by atoms with E-state index < -0.39 is 27.2 Å². The van der Waals surface area contributed by atoms with Crippen LogP contribution in [0.25, 0.3) is 0 Å². The number of rotatable bonds is 7. The third-order valence-electron chi connectivity index (χ3n) is 3.25. The number of hydrogen-bond acceptors (Lipinski definition) is 7. The third-order valence-corrected chi connectivity index (χ3v) is 3.25. The van der Waals surface area contributed by atoms with E-state index in [9.17, 15) is 25.0 Å². The SMILES string of the molecule is CCC(CC)Nc1c(C(=O)OC)cc([N+](=O)[O-])cc1[N+](=O)[O-]. The molecule has 0 atom stereocenters. The molecule has 1 rings (SSSR count). The number of anilines is 1. The zero-order valence-corrected chi connectivity index (χ0v) is 12.5. The highest BCUT2D eigenvalue weighted by Crippen LogP contribution is 2.34. The first-order chi connectivity index (χ1) is 10.3. The minimum absolute atomic E-state index is 0.0591. The Balaban J connectivity index is 3.56. The average molecular weight is 311 g/mol. The van der Waals surface area contributed by atoms with E-state index in [1.54, 1.807) is 0 Å². The smallest absolute Gasteiger partial charge is 0.340 e. The molecule has 1 N–H and O–H groups in total. The van der Waals surface area contributed by atoms with Crippen LogP contribution >= 0.6 is 0 Å². The van der Waals surface area contributed by atoms with Gasteiger partial charge < -0.3 is 10.1 Å². The molecular weight excluding hydrogens is 294 g/mol. The summed E-state index contributed by atoms with van der Waals surface area (Å²) >= 11 is 0. The standard InChI is InChI=1S/C13H17N3O6/c1-4-8(5-2)14-12-10(13(17)22-3)6-9(15(18)19)7-11(12)16(20)21/h6-8,14H,4-5H2,1-3H3. The Morgan fingerprint density at radius 2 is 1.82 bits per heavy atom. The lowest BCUT2D eigenvalue weighted by atomic mass is 10.1. The number of ether oxygens (including phenoxy) is 1. The van der Waals surface area contributed by atoms with E-state index in [-0.39, 0.29) is 17.3 Å². The van der Waals surface area contributed by atoms with E-state index in [1.165, 1.54) is 0 Å². The molecule has 0 saturated heterocycles. The van der Waals surface area contributed by atoms with Crippen LogP contribution in [0.5, 0.6) is 0 Å². The van der Waals surface area contributed by atoms with Gasteiger partial charge in [-0.1, -0.05) is 13.8 Å². The Morgan fingerprint density at radius 1 is 1.23 bits per heavy atom. The van der Waals surface area contributed by atoms with Crippen molar-refractivity contribution in [3.8, 4) is 0 Å². The number of nitro benzene ring substituents is 2. The van der Waals surface area contributed by atoms with Gasteiger partial charge >= 0.3 is 5.97 Å². The van der Waals surface area contributed by atoms with Gasteiger partial charge in [0.15, 0.2) is 0 Å². The van der Waals surface area contributed by atoms with Crippen LogP contribution in [0.2, 0.25) is 0 Å². The van der Waals surface area contributed by atoms with Crippen LogP contribution in [0, 0.1) is 20.2 Å². The number of nitrogens with one attached hydrogen (secondary N) is 1. The number of nitro groups is 2. The van der Waals surface area contributed by atoms with Crippen LogP contribution in [0.4, 0.5) is 17.1 Å². The lowest BCUT2D eigenvalue weighted by Crippen LogP contribution is -2.20. The highest BCUT2D eigenvalue weighted by molar-refractivity contribution is 5.99. The van der Waals surface area contributed by atoms with Gasteiger partial charge in [-0.25, -0.2) is 4.79 Å². The fourth-order valence-corrected chi connectivity index (χ4v) is 1.98. The second-order valence-corrected chi connectivity index (χ2v) is 4.55. The molecule has 0 unspecified atom stereocenters. The van der Waals surface area contributed by atoms with Gasteiger partial charge in [0, 0.05) is 12.1 Å². The quantitative estimate of drug-likeness (QED) is 0.466. The second kappa shape index (κ2) is 7.34. The summed E-state index contributed by atoms with van der Waals surface area (Å²) in [5.41, 5.74) is -1.35. The minimum atomic E-state index is -0.875. The Kier molecular flexibility index (Phi) is 5.79. The molecule has 1 aromatic rings. The zero-order chi connectivity index (χ0) is 16.9. The monoisotopic (exact) mass is 311 g/mol. The van der Waals surface area contributed by atoms with Crippen molar-refractivity contribution < 1.29 is 19.4 Å². The van der Waals surface area contributed by atoms with Crippen LogP contribution in [-0.2, 0) is 4.74 Å². The van der Waals surface area contributed by atoms with Gasteiger partial charge in [-0.2, -0.15) is 0 Å². The van der Waals surface area contributed by atoms with Gasteiger partial charge in [0.25, 0.3) is 11.4 Å². The van der Waals surface area contributed by atoms with Crippen molar-refractivity contribution in [3.05, 3.63) is 37.9 Å². The number of benzene rings is 1. The molecule has 0 heterocycles. The Bertz CT molecular complexity index is 598. The van der Waals surface area contributed by atoms with Crippen molar-refractivity contribution in [2.45, 2.75) is 32.7 Å². The molecule has 1 aromatic carbocycles. The Hall–Kier alpha value is -2.71. The average Bonchev–Trinajstić information content (AvgIpc) is 2.50. The maximum atomic E-state index is 11.8. The summed E-state index contributed by atoms with van der Waals surface area (Å²) in [6.45, 7) is 3.77. The summed E-state index contributed by atoms with van der Waals surface area (Å²) < 4.78 is 4.57. The van der Waals surface area contributed by atoms with Crippen molar-refractivity contribution in [3.63, 3.8) is 0 Å². The van der Waals surface area contributed by atoms with Crippen molar-refractivity contribution in [2.24, 2.45) is 0 Å². The molecule has 0 aromatic heterocycles. The zero-order valence-electron chi connectivity index (χ0n) is 12.5. The molecule has 9 nitrogen and oxygen atoms in total. The number of carbonyl (C=O) groups excluding carboxylic acids is 1. The van der Waals surface area contributed by atoms with Crippen LogP contribution in [0.15, 0.2) is 12.1 Å². The first kappa shape index (κ1) is 17.3. The molecule has 0 amide bonds. The van der Waals surface area contributed by atoms with Crippen LogP contribution in [0.3, 0.4) is 0 Å². The maximum Gasteiger partial charge on any atom is 0.340 e. The molecule has 0 aliphatic heterocycles. The van der Waals surface area contributed by atoms with E-state index >= 15 is 0 Å². The molecule has 0 bridgehead atoms. The molecule has 9 heteroatoms. The Morgan fingerprint density at radius 3 is 2.23 bits per heavy atom. The van der Waals surface area contributed by atoms with Crippen molar-refractivity contribution in [2.75, 3.05) is 12.4 Å². The fourth-order valence-electron chi connectivity index (χ4n) is 1.98. The number of esters is 1. The lowest BCUT2D eigenvalue weighted by Gasteiger charge is -2.18. The molecule has 0 aliphatic rings. The fraction of sp³-hybridized carbons (Fsp3) is 0.462. The van der Waals surface area contributed by atoms with Crippen molar-refractivity contribution >= 4 is 23.0 Å². The van der Waals surface area contributed by atoms with Crippen LogP contribution in [-0.4, -0.2) is 29.0 Å². The maximum absolute atomic E-state index is 11.8. The predicted octanol–water partition coefficient (Wildman–Crippen LogP) is 2.89. The van der Waals surface area contributed by atoms with E-state index in [4.69, 9.17) is 0 Å². The molecule has 0 fully saturated rings. The number of nitrogens with zero attached hydrogens (tertiary/aromatic N) is 2. The molecule has 0 saturated carbocycles. The van der Waals surface area contributed by atoms with Gasteiger partial charge in [0.2, 0.25) is 0 Å². The van der Waals surface area contributed by atoms with E-state index in [2.05, 4.69) is 10.1 Å². The summed E-state index contributed by atoms with van der Waals surface area (Å²) in [6.07, 6.45) is 1.34. The van der Waals surface area contributed by atoms with Crippen molar-refractivity contribution in [1.29, 1.82) is 0 Å². The molecule has 0 aliphatic carbocycles. The number of methoxy groups -OCH3 is 1. The van der Waals surface area contributed by atoms with E-state index in [0.717, 1.165) is 19.2 Å². The molecule has 0 radical (unpaired) electrons. The van der Waals surface area contributed by atoms with E-state index in [0.29, 0.717) is 12.8 Å². The van der Waals surface area contributed by atoms with Gasteiger partial charge in [0.1, 0.15) is 5.69 Å². The minimum Gasteiger partial charge on any atom is -0.465 e. The third kappa shape index (κ3) is 3.68. The Labute approximate surface area is 126 Å². The number of carbonyl (C=O) groups is 1. The van der Waals surface area contributed by atoms with Gasteiger partial charge in [-0.3, -0.25) is 20.2 Å². The van der Waals surface area contributed by atoms with E-state index in [1.807, 2.05) is 13.8 Å². The van der Waals surface area contributed by atoms with Gasteiger partial charge in [0.05, 0.1) is 28.6 Å². The summed E-state index contributed by atoms with van der Waals surface area (Å²) in [5, 5.41) is 25.0. The normalized spacial score (nSPS) is 10.4. The van der Waals surface area contributed by atoms with Crippen molar-refractivity contribution in [1.82, 2.24) is 0 Å². The summed E-state index contributed by atoms with van der Waals surface area (Å²) in [5.74, 6) is -0.875. The largest absolute Gasteiger partial charge is 0.465 e. The topological polar surface area (TPSA) is 125 Å². The highest BCUT2D eigenvalue weighted by atomic mass is 16.6. The predicted molar refractivity (Wildman–Crippen MR) is 79.1 cm³/mol. The first-order valence-electron chi connectivity index (χ1n) is 6.67. The van der Waals surface area contributed by atoms with Gasteiger partial charge in [-0.05, 0) is 12.8 Å². The lowest BCUT2D eigenvalue weighted by molar-refractivity contribution is -0.393. The molecule has 22 heavy (non-hydrogen) atoms. The summed E-state index contributed by atoms with van der Waals surface area (Å²) in [4.78, 5) is 32.4. The summed E-state index contributed by atoms with van der Waals surface area (Å²) in [6, 6.07) is 1.70.